The largest absolute Gasteiger partial charge is 0.496 e. The van der Waals surface area contributed by atoms with E-state index in [9.17, 15) is 0 Å². The van der Waals surface area contributed by atoms with Crippen LogP contribution in [-0.4, -0.2) is 12.6 Å². The SMILES string of the molecule is CCC(C)(CC)NCc1cc(C#N)ccc1OC. The molecule has 1 aromatic carbocycles. The minimum Gasteiger partial charge on any atom is -0.496 e. The van der Waals surface area contributed by atoms with Crippen molar-refractivity contribution in [2.75, 3.05) is 7.11 Å². The third-order valence-electron chi connectivity index (χ3n) is 3.68. The van der Waals surface area contributed by atoms with Crippen LogP contribution in [0.4, 0.5) is 0 Å². The molecule has 0 saturated heterocycles. The molecule has 0 aliphatic carbocycles. The fourth-order valence-corrected chi connectivity index (χ4v) is 1.79. The number of nitrogens with zero attached hydrogens (tertiary/aromatic N) is 1. The number of nitriles is 1. The Labute approximate surface area is 110 Å². The van der Waals surface area contributed by atoms with E-state index in [0.717, 1.165) is 30.7 Å². The Morgan fingerprint density at radius 2 is 2.00 bits per heavy atom. The molecule has 0 aliphatic rings. The number of methoxy groups -OCH3 is 1. The Bertz CT molecular complexity index is 431. The van der Waals surface area contributed by atoms with Gasteiger partial charge in [-0.25, -0.2) is 0 Å². The zero-order chi connectivity index (χ0) is 13.6. The Morgan fingerprint density at radius 3 is 2.50 bits per heavy atom. The molecule has 1 N–H and O–H groups in total. The fourth-order valence-electron chi connectivity index (χ4n) is 1.79. The van der Waals surface area contributed by atoms with Crippen molar-refractivity contribution in [3.05, 3.63) is 29.3 Å². The van der Waals surface area contributed by atoms with Gasteiger partial charge in [0.2, 0.25) is 0 Å². The van der Waals surface area contributed by atoms with E-state index in [-0.39, 0.29) is 5.54 Å². The molecule has 0 fully saturated rings. The van der Waals surface area contributed by atoms with Crippen LogP contribution in [0.15, 0.2) is 18.2 Å². The molecule has 98 valence electrons. The molecule has 0 heterocycles. The summed E-state index contributed by atoms with van der Waals surface area (Å²) in [5, 5.41) is 12.5. The second kappa shape index (κ2) is 6.42. The molecule has 18 heavy (non-hydrogen) atoms. The molecular weight excluding hydrogens is 224 g/mol. The van der Waals surface area contributed by atoms with Gasteiger partial charge in [0.15, 0.2) is 0 Å². The molecule has 0 radical (unpaired) electrons. The quantitative estimate of drug-likeness (QED) is 0.838. The van der Waals surface area contributed by atoms with Gasteiger partial charge in [0.1, 0.15) is 5.75 Å². The number of benzene rings is 1. The summed E-state index contributed by atoms with van der Waals surface area (Å²) in [6.07, 6.45) is 2.15. The van der Waals surface area contributed by atoms with E-state index in [4.69, 9.17) is 10.00 Å². The highest BCUT2D eigenvalue weighted by atomic mass is 16.5. The predicted octanol–water partition coefficient (Wildman–Crippen LogP) is 3.24. The molecule has 1 aromatic rings. The summed E-state index contributed by atoms with van der Waals surface area (Å²) in [6.45, 7) is 7.30. The first kappa shape index (κ1) is 14.5. The lowest BCUT2D eigenvalue weighted by atomic mass is 9.95. The van der Waals surface area contributed by atoms with Crippen LogP contribution < -0.4 is 10.1 Å². The second-order valence-corrected chi connectivity index (χ2v) is 4.76. The number of hydrogen-bond acceptors (Lipinski definition) is 3. The van der Waals surface area contributed by atoms with Crippen LogP contribution in [0.25, 0.3) is 0 Å². The smallest absolute Gasteiger partial charge is 0.123 e. The number of hydrogen-bond donors (Lipinski definition) is 1. The van der Waals surface area contributed by atoms with Crippen molar-refractivity contribution in [3.8, 4) is 11.8 Å². The number of rotatable bonds is 6. The number of ether oxygens (including phenoxy) is 1. The van der Waals surface area contributed by atoms with E-state index in [0.29, 0.717) is 5.56 Å². The Balaban J connectivity index is 2.86. The monoisotopic (exact) mass is 246 g/mol. The van der Waals surface area contributed by atoms with E-state index in [1.165, 1.54) is 0 Å². The van der Waals surface area contributed by atoms with Gasteiger partial charge in [-0.1, -0.05) is 13.8 Å². The van der Waals surface area contributed by atoms with Gasteiger partial charge in [0.05, 0.1) is 18.7 Å². The molecule has 0 saturated carbocycles. The van der Waals surface area contributed by atoms with Crippen LogP contribution in [0.2, 0.25) is 0 Å². The third-order valence-corrected chi connectivity index (χ3v) is 3.68. The van der Waals surface area contributed by atoms with E-state index in [2.05, 4.69) is 32.2 Å². The summed E-state index contributed by atoms with van der Waals surface area (Å²) in [5.74, 6) is 0.830. The molecule has 0 spiro atoms. The van der Waals surface area contributed by atoms with Crippen LogP contribution >= 0.6 is 0 Å². The van der Waals surface area contributed by atoms with Gasteiger partial charge in [-0.3, -0.25) is 0 Å². The highest BCUT2D eigenvalue weighted by molar-refractivity contribution is 5.42. The minimum absolute atomic E-state index is 0.133. The normalized spacial score (nSPS) is 11.1. The van der Waals surface area contributed by atoms with Gasteiger partial charge in [-0.2, -0.15) is 5.26 Å². The summed E-state index contributed by atoms with van der Waals surface area (Å²) in [7, 11) is 1.66. The first-order valence-electron chi connectivity index (χ1n) is 6.40. The highest BCUT2D eigenvalue weighted by Gasteiger charge is 2.19. The lowest BCUT2D eigenvalue weighted by Crippen LogP contribution is -2.40. The summed E-state index contributed by atoms with van der Waals surface area (Å²) in [6, 6.07) is 7.68. The molecule has 0 amide bonds. The molecule has 1 rings (SSSR count). The fraction of sp³-hybridized carbons (Fsp3) is 0.533. The molecule has 0 aliphatic heterocycles. The maximum absolute atomic E-state index is 8.93. The van der Waals surface area contributed by atoms with Gasteiger partial charge in [0, 0.05) is 17.6 Å². The predicted molar refractivity (Wildman–Crippen MR) is 73.5 cm³/mol. The maximum Gasteiger partial charge on any atom is 0.123 e. The van der Waals surface area contributed by atoms with Crippen LogP contribution in [0, 0.1) is 11.3 Å². The van der Waals surface area contributed by atoms with E-state index in [1.807, 2.05) is 12.1 Å². The van der Waals surface area contributed by atoms with Crippen molar-refractivity contribution in [2.24, 2.45) is 0 Å². The van der Waals surface area contributed by atoms with Crippen LogP contribution in [0.1, 0.15) is 44.7 Å². The second-order valence-electron chi connectivity index (χ2n) is 4.76. The van der Waals surface area contributed by atoms with Crippen molar-refractivity contribution in [1.29, 1.82) is 5.26 Å². The summed E-state index contributed by atoms with van der Waals surface area (Å²) < 4.78 is 5.33. The molecule has 0 bridgehead atoms. The topological polar surface area (TPSA) is 45.0 Å². The Kier molecular flexibility index (Phi) is 5.18. The van der Waals surface area contributed by atoms with Crippen molar-refractivity contribution in [1.82, 2.24) is 5.32 Å². The molecule has 0 atom stereocenters. The maximum atomic E-state index is 8.93. The molecule has 3 heteroatoms. The average molecular weight is 246 g/mol. The van der Waals surface area contributed by atoms with Gasteiger partial charge in [-0.05, 0) is 38.0 Å². The van der Waals surface area contributed by atoms with Gasteiger partial charge >= 0.3 is 0 Å². The average Bonchev–Trinajstić information content (AvgIpc) is 2.44. The van der Waals surface area contributed by atoms with Crippen LogP contribution in [-0.2, 0) is 6.54 Å². The molecule has 3 nitrogen and oxygen atoms in total. The standard InChI is InChI=1S/C15H22N2O/c1-5-15(3,6-2)17-11-13-9-12(10-16)7-8-14(13)18-4/h7-9,17H,5-6,11H2,1-4H3. The summed E-state index contributed by atoms with van der Waals surface area (Å²) in [4.78, 5) is 0. The van der Waals surface area contributed by atoms with Crippen molar-refractivity contribution in [3.63, 3.8) is 0 Å². The molecule has 0 aromatic heterocycles. The van der Waals surface area contributed by atoms with Crippen molar-refractivity contribution in [2.45, 2.75) is 45.7 Å². The Morgan fingerprint density at radius 1 is 1.33 bits per heavy atom. The number of nitrogens with one attached hydrogen (secondary N) is 1. The minimum atomic E-state index is 0.133. The van der Waals surface area contributed by atoms with E-state index in [1.54, 1.807) is 13.2 Å². The van der Waals surface area contributed by atoms with Crippen molar-refractivity contribution < 1.29 is 4.74 Å². The van der Waals surface area contributed by atoms with E-state index < -0.39 is 0 Å². The van der Waals surface area contributed by atoms with Crippen LogP contribution in [0.5, 0.6) is 5.75 Å². The highest BCUT2D eigenvalue weighted by Crippen LogP contribution is 2.21. The first-order valence-corrected chi connectivity index (χ1v) is 6.40. The van der Waals surface area contributed by atoms with E-state index >= 15 is 0 Å². The lowest BCUT2D eigenvalue weighted by molar-refractivity contribution is 0.325. The molecular formula is C15H22N2O. The van der Waals surface area contributed by atoms with Gasteiger partial charge in [-0.15, -0.1) is 0 Å². The zero-order valence-electron chi connectivity index (χ0n) is 11.7. The summed E-state index contributed by atoms with van der Waals surface area (Å²) in [5.41, 5.74) is 1.83. The molecule has 0 unspecified atom stereocenters. The Hall–Kier alpha value is -1.53. The lowest BCUT2D eigenvalue weighted by Gasteiger charge is -2.28. The zero-order valence-corrected chi connectivity index (χ0v) is 11.7. The van der Waals surface area contributed by atoms with Crippen LogP contribution in [0.3, 0.4) is 0 Å². The summed E-state index contributed by atoms with van der Waals surface area (Å²) >= 11 is 0. The van der Waals surface area contributed by atoms with Gasteiger partial charge in [0.25, 0.3) is 0 Å². The van der Waals surface area contributed by atoms with Gasteiger partial charge < -0.3 is 10.1 Å². The third kappa shape index (κ3) is 3.48. The van der Waals surface area contributed by atoms with Crippen molar-refractivity contribution >= 4 is 0 Å². The first-order chi connectivity index (χ1) is 8.58.